The van der Waals surface area contributed by atoms with Crippen LogP contribution in [0.1, 0.15) is 20.3 Å². The lowest BCUT2D eigenvalue weighted by Crippen LogP contribution is -2.51. The predicted octanol–water partition coefficient (Wildman–Crippen LogP) is -0.240. The molecule has 0 saturated carbocycles. The first-order valence-electron chi connectivity index (χ1n) is 5.33. The fraction of sp³-hybridized carbons (Fsp3) is 0.800. The molecule has 1 aliphatic heterocycles. The first-order chi connectivity index (χ1) is 7.19. The topological polar surface area (TPSA) is 58.6 Å². The molecule has 1 aliphatic rings. The standard InChI is InChI=1S/C10H18N2O3/c1-3-8(11-4-2)5-12-9(13)6-15-7-10(12)14/h8,11H,3-7H2,1-2H3. The van der Waals surface area contributed by atoms with Gasteiger partial charge in [0.05, 0.1) is 0 Å². The van der Waals surface area contributed by atoms with Crippen molar-refractivity contribution in [3.8, 4) is 0 Å². The molecule has 0 aromatic carbocycles. The van der Waals surface area contributed by atoms with Gasteiger partial charge in [0, 0.05) is 12.6 Å². The smallest absolute Gasteiger partial charge is 0.255 e. The van der Waals surface area contributed by atoms with E-state index in [4.69, 9.17) is 4.74 Å². The van der Waals surface area contributed by atoms with E-state index >= 15 is 0 Å². The Bertz CT molecular complexity index is 227. The van der Waals surface area contributed by atoms with Gasteiger partial charge < -0.3 is 10.1 Å². The Morgan fingerprint density at radius 1 is 1.33 bits per heavy atom. The molecule has 1 rings (SSSR count). The van der Waals surface area contributed by atoms with Crippen LogP contribution in [-0.2, 0) is 14.3 Å². The highest BCUT2D eigenvalue weighted by Crippen LogP contribution is 2.04. The predicted molar refractivity (Wildman–Crippen MR) is 55.3 cm³/mol. The van der Waals surface area contributed by atoms with E-state index in [9.17, 15) is 9.59 Å². The number of likely N-dealkylation sites (N-methyl/N-ethyl adjacent to an activating group) is 1. The van der Waals surface area contributed by atoms with Gasteiger partial charge in [-0.3, -0.25) is 14.5 Å². The minimum absolute atomic E-state index is 0.0221. The molecule has 0 bridgehead atoms. The summed E-state index contributed by atoms with van der Waals surface area (Å²) < 4.78 is 4.84. The van der Waals surface area contributed by atoms with Crippen LogP contribution in [0.3, 0.4) is 0 Å². The van der Waals surface area contributed by atoms with Crippen LogP contribution in [-0.4, -0.2) is 49.1 Å². The summed E-state index contributed by atoms with van der Waals surface area (Å²) in [5.41, 5.74) is 0. The van der Waals surface area contributed by atoms with Crippen molar-refractivity contribution in [1.29, 1.82) is 0 Å². The Balaban J connectivity index is 2.52. The minimum Gasteiger partial charge on any atom is -0.362 e. The van der Waals surface area contributed by atoms with Crippen LogP contribution in [0.15, 0.2) is 0 Å². The molecule has 15 heavy (non-hydrogen) atoms. The summed E-state index contributed by atoms with van der Waals surface area (Å²) in [7, 11) is 0. The third-order valence-electron chi connectivity index (χ3n) is 2.44. The molecule has 1 unspecified atom stereocenters. The van der Waals surface area contributed by atoms with E-state index in [0.29, 0.717) is 6.54 Å². The number of rotatable bonds is 5. The van der Waals surface area contributed by atoms with Crippen molar-refractivity contribution in [3.05, 3.63) is 0 Å². The Kier molecular flexibility index (Phi) is 4.71. The van der Waals surface area contributed by atoms with Crippen LogP contribution < -0.4 is 5.32 Å². The van der Waals surface area contributed by atoms with Gasteiger partial charge in [0.25, 0.3) is 11.8 Å². The molecule has 0 aromatic rings. The van der Waals surface area contributed by atoms with Gasteiger partial charge >= 0.3 is 0 Å². The molecule has 2 amide bonds. The molecule has 0 aliphatic carbocycles. The van der Waals surface area contributed by atoms with Crippen LogP contribution in [0.4, 0.5) is 0 Å². The molecule has 1 fully saturated rings. The van der Waals surface area contributed by atoms with Crippen LogP contribution in [0.5, 0.6) is 0 Å². The zero-order chi connectivity index (χ0) is 11.3. The Morgan fingerprint density at radius 2 is 1.93 bits per heavy atom. The zero-order valence-electron chi connectivity index (χ0n) is 9.28. The SMILES string of the molecule is CCNC(CC)CN1C(=O)COCC1=O. The van der Waals surface area contributed by atoms with Crippen molar-refractivity contribution in [2.24, 2.45) is 0 Å². The molecule has 0 radical (unpaired) electrons. The fourth-order valence-electron chi connectivity index (χ4n) is 1.57. The lowest BCUT2D eigenvalue weighted by Gasteiger charge is -2.28. The summed E-state index contributed by atoms with van der Waals surface area (Å²) in [6, 6.07) is 0.181. The molecule has 5 heteroatoms. The number of carbonyl (C=O) groups is 2. The number of ether oxygens (including phenoxy) is 1. The van der Waals surface area contributed by atoms with Gasteiger partial charge in [-0.1, -0.05) is 13.8 Å². The number of imide groups is 1. The van der Waals surface area contributed by atoms with Gasteiger partial charge in [-0.05, 0) is 13.0 Å². The monoisotopic (exact) mass is 214 g/mol. The molecule has 0 spiro atoms. The van der Waals surface area contributed by atoms with Crippen LogP contribution in [0.2, 0.25) is 0 Å². The fourth-order valence-corrected chi connectivity index (χ4v) is 1.57. The zero-order valence-corrected chi connectivity index (χ0v) is 9.28. The molecule has 1 saturated heterocycles. The summed E-state index contributed by atoms with van der Waals surface area (Å²) >= 11 is 0. The Hall–Kier alpha value is -0.940. The van der Waals surface area contributed by atoms with Crippen molar-refractivity contribution in [2.75, 3.05) is 26.3 Å². The normalized spacial score (nSPS) is 19.5. The lowest BCUT2D eigenvalue weighted by molar-refractivity contribution is -0.158. The second kappa shape index (κ2) is 5.82. The highest BCUT2D eigenvalue weighted by Gasteiger charge is 2.28. The molecule has 1 atom stereocenters. The molecule has 1 heterocycles. The summed E-state index contributed by atoms with van der Waals surface area (Å²) in [6.07, 6.45) is 0.895. The summed E-state index contributed by atoms with van der Waals surface area (Å²) in [4.78, 5) is 24.1. The lowest BCUT2D eigenvalue weighted by atomic mass is 10.2. The van der Waals surface area contributed by atoms with E-state index in [1.54, 1.807) is 0 Å². The van der Waals surface area contributed by atoms with E-state index in [2.05, 4.69) is 5.32 Å². The largest absolute Gasteiger partial charge is 0.362 e. The molecule has 86 valence electrons. The Labute approximate surface area is 89.8 Å². The van der Waals surface area contributed by atoms with Gasteiger partial charge in [0.1, 0.15) is 13.2 Å². The second-order valence-corrected chi connectivity index (χ2v) is 3.55. The van der Waals surface area contributed by atoms with Crippen molar-refractivity contribution < 1.29 is 14.3 Å². The summed E-state index contributed by atoms with van der Waals surface area (Å²) in [6.45, 7) is 5.37. The average molecular weight is 214 g/mol. The first-order valence-corrected chi connectivity index (χ1v) is 5.33. The van der Waals surface area contributed by atoms with Crippen LogP contribution in [0, 0.1) is 0 Å². The van der Waals surface area contributed by atoms with Crippen molar-refractivity contribution in [1.82, 2.24) is 10.2 Å². The van der Waals surface area contributed by atoms with Crippen molar-refractivity contribution >= 4 is 11.8 Å². The minimum atomic E-state index is -0.234. The number of hydrogen-bond acceptors (Lipinski definition) is 4. The number of nitrogens with one attached hydrogen (secondary N) is 1. The van der Waals surface area contributed by atoms with Gasteiger partial charge in [-0.25, -0.2) is 0 Å². The third kappa shape index (κ3) is 3.28. The first kappa shape index (κ1) is 12.1. The van der Waals surface area contributed by atoms with Crippen molar-refractivity contribution in [2.45, 2.75) is 26.3 Å². The third-order valence-corrected chi connectivity index (χ3v) is 2.44. The number of carbonyl (C=O) groups excluding carboxylic acids is 2. The number of hydrogen-bond donors (Lipinski definition) is 1. The molecule has 0 aromatic heterocycles. The summed E-state index contributed by atoms with van der Waals surface area (Å²) in [5, 5.41) is 3.23. The second-order valence-electron chi connectivity index (χ2n) is 3.55. The van der Waals surface area contributed by atoms with E-state index < -0.39 is 0 Å². The number of amides is 2. The Morgan fingerprint density at radius 3 is 2.40 bits per heavy atom. The van der Waals surface area contributed by atoms with E-state index in [1.165, 1.54) is 4.90 Å². The highest BCUT2D eigenvalue weighted by molar-refractivity contribution is 5.98. The average Bonchev–Trinajstić information content (AvgIpc) is 2.22. The van der Waals surface area contributed by atoms with Crippen molar-refractivity contribution in [3.63, 3.8) is 0 Å². The molecule has 1 N–H and O–H groups in total. The van der Waals surface area contributed by atoms with Crippen LogP contribution >= 0.6 is 0 Å². The van der Waals surface area contributed by atoms with E-state index in [1.807, 2.05) is 13.8 Å². The molecule has 5 nitrogen and oxygen atoms in total. The maximum absolute atomic E-state index is 11.4. The van der Waals surface area contributed by atoms with Crippen LogP contribution in [0.25, 0.3) is 0 Å². The maximum Gasteiger partial charge on any atom is 0.255 e. The van der Waals surface area contributed by atoms with Gasteiger partial charge in [-0.15, -0.1) is 0 Å². The molecular formula is C10H18N2O3. The molecular weight excluding hydrogens is 196 g/mol. The highest BCUT2D eigenvalue weighted by atomic mass is 16.5. The van der Waals surface area contributed by atoms with E-state index in [-0.39, 0.29) is 31.1 Å². The maximum atomic E-state index is 11.4. The van der Waals surface area contributed by atoms with Gasteiger partial charge in [-0.2, -0.15) is 0 Å². The quantitative estimate of drug-likeness (QED) is 0.642. The van der Waals surface area contributed by atoms with Gasteiger partial charge in [0.15, 0.2) is 0 Å². The summed E-state index contributed by atoms with van der Waals surface area (Å²) in [5.74, 6) is -0.467. The number of morpholine rings is 1. The number of nitrogens with zero attached hydrogens (tertiary/aromatic N) is 1. The van der Waals surface area contributed by atoms with Gasteiger partial charge in [0.2, 0.25) is 0 Å². The van der Waals surface area contributed by atoms with E-state index in [0.717, 1.165) is 13.0 Å².